The van der Waals surface area contributed by atoms with Crippen LogP contribution in [-0.2, 0) is 4.79 Å². The molecule has 0 aliphatic carbocycles. The van der Waals surface area contributed by atoms with Crippen molar-refractivity contribution in [2.75, 3.05) is 24.3 Å². The van der Waals surface area contributed by atoms with E-state index in [0.29, 0.717) is 24.7 Å². The van der Waals surface area contributed by atoms with Gasteiger partial charge >= 0.3 is 0 Å². The Labute approximate surface area is 140 Å². The van der Waals surface area contributed by atoms with Crippen molar-refractivity contribution in [1.29, 1.82) is 0 Å². The minimum absolute atomic E-state index is 0.0297. The average Bonchev–Trinajstić information content (AvgIpc) is 2.60. The van der Waals surface area contributed by atoms with Crippen molar-refractivity contribution in [3.05, 3.63) is 47.8 Å². The summed E-state index contributed by atoms with van der Waals surface area (Å²) in [6.07, 6.45) is 0. The standard InChI is InChI=1S/C16H12F3NO3S/c17-10-2-3-11(16(19)15(10)18)20-14(21)8-24-9-1-4-12-13(7-9)23-6-5-22-12/h1-4,7H,5-6,8H2,(H,20,21). The number of anilines is 1. The van der Waals surface area contributed by atoms with Gasteiger partial charge in [-0.05, 0) is 30.3 Å². The molecule has 1 N–H and O–H groups in total. The smallest absolute Gasteiger partial charge is 0.234 e. The van der Waals surface area contributed by atoms with E-state index < -0.39 is 29.0 Å². The first-order valence-electron chi connectivity index (χ1n) is 7.00. The Hall–Kier alpha value is -2.35. The molecule has 8 heteroatoms. The molecule has 126 valence electrons. The van der Waals surface area contributed by atoms with Crippen LogP contribution in [0.25, 0.3) is 0 Å². The second-order valence-electron chi connectivity index (χ2n) is 4.87. The molecule has 24 heavy (non-hydrogen) atoms. The van der Waals surface area contributed by atoms with Crippen LogP contribution < -0.4 is 14.8 Å². The first kappa shape index (κ1) is 16.5. The fourth-order valence-corrected chi connectivity index (χ4v) is 2.80. The van der Waals surface area contributed by atoms with Crippen molar-refractivity contribution >= 4 is 23.4 Å². The summed E-state index contributed by atoms with van der Waals surface area (Å²) in [5, 5.41) is 2.21. The first-order chi connectivity index (χ1) is 11.5. The SMILES string of the molecule is O=C(CSc1ccc2c(c1)OCCO2)Nc1ccc(F)c(F)c1F. The molecule has 0 unspecified atom stereocenters. The molecule has 0 aromatic heterocycles. The maximum Gasteiger partial charge on any atom is 0.234 e. The van der Waals surface area contributed by atoms with E-state index in [2.05, 4.69) is 5.32 Å². The maximum absolute atomic E-state index is 13.5. The lowest BCUT2D eigenvalue weighted by Crippen LogP contribution is -2.16. The molecule has 1 aliphatic rings. The number of benzene rings is 2. The molecular formula is C16H12F3NO3S. The summed E-state index contributed by atoms with van der Waals surface area (Å²) in [6, 6.07) is 6.97. The third-order valence-electron chi connectivity index (χ3n) is 3.19. The Morgan fingerprint density at radius 1 is 1.04 bits per heavy atom. The summed E-state index contributed by atoms with van der Waals surface area (Å²) in [5.74, 6) is -3.69. The molecule has 1 heterocycles. The normalized spacial score (nSPS) is 12.8. The second-order valence-corrected chi connectivity index (χ2v) is 5.91. The predicted octanol–water partition coefficient (Wildman–Crippen LogP) is 3.61. The highest BCUT2D eigenvalue weighted by atomic mass is 32.2. The van der Waals surface area contributed by atoms with Crippen LogP contribution in [0.1, 0.15) is 0 Å². The molecule has 4 nitrogen and oxygen atoms in total. The van der Waals surface area contributed by atoms with Crippen LogP contribution in [0.5, 0.6) is 11.5 Å². The highest BCUT2D eigenvalue weighted by molar-refractivity contribution is 8.00. The summed E-state index contributed by atoms with van der Waals surface area (Å²) < 4.78 is 50.3. The Morgan fingerprint density at radius 2 is 1.79 bits per heavy atom. The van der Waals surface area contributed by atoms with Crippen LogP contribution in [0.15, 0.2) is 35.2 Å². The van der Waals surface area contributed by atoms with Gasteiger partial charge in [-0.3, -0.25) is 4.79 Å². The van der Waals surface area contributed by atoms with Crippen LogP contribution in [0.3, 0.4) is 0 Å². The molecule has 0 fully saturated rings. The van der Waals surface area contributed by atoms with Gasteiger partial charge in [0.2, 0.25) is 5.91 Å². The molecule has 3 rings (SSSR count). The van der Waals surface area contributed by atoms with Gasteiger partial charge in [-0.2, -0.15) is 0 Å². The maximum atomic E-state index is 13.5. The van der Waals surface area contributed by atoms with E-state index in [-0.39, 0.29) is 5.75 Å². The Morgan fingerprint density at radius 3 is 2.58 bits per heavy atom. The van der Waals surface area contributed by atoms with Crippen molar-refractivity contribution in [3.63, 3.8) is 0 Å². The number of nitrogens with one attached hydrogen (secondary N) is 1. The van der Waals surface area contributed by atoms with Gasteiger partial charge in [-0.15, -0.1) is 11.8 Å². The van der Waals surface area contributed by atoms with Crippen molar-refractivity contribution in [3.8, 4) is 11.5 Å². The van der Waals surface area contributed by atoms with Gasteiger partial charge in [0.1, 0.15) is 13.2 Å². The lowest BCUT2D eigenvalue weighted by molar-refractivity contribution is -0.113. The molecule has 1 aliphatic heterocycles. The van der Waals surface area contributed by atoms with E-state index in [9.17, 15) is 18.0 Å². The van der Waals surface area contributed by atoms with Crippen molar-refractivity contribution < 1.29 is 27.4 Å². The van der Waals surface area contributed by atoms with E-state index in [0.717, 1.165) is 17.0 Å². The van der Waals surface area contributed by atoms with Gasteiger partial charge < -0.3 is 14.8 Å². The minimum Gasteiger partial charge on any atom is -0.486 e. The topological polar surface area (TPSA) is 47.6 Å². The fourth-order valence-electron chi connectivity index (χ4n) is 2.07. The van der Waals surface area contributed by atoms with Crippen LogP contribution in [-0.4, -0.2) is 24.9 Å². The lowest BCUT2D eigenvalue weighted by Gasteiger charge is -2.18. The fraction of sp³-hybridized carbons (Fsp3) is 0.188. The molecule has 1 amide bonds. The molecule has 0 bridgehead atoms. The van der Waals surface area contributed by atoms with Gasteiger partial charge in [0.05, 0.1) is 11.4 Å². The zero-order chi connectivity index (χ0) is 17.1. The van der Waals surface area contributed by atoms with Gasteiger partial charge in [0, 0.05) is 4.90 Å². The highest BCUT2D eigenvalue weighted by Gasteiger charge is 2.16. The summed E-state index contributed by atoms with van der Waals surface area (Å²) in [7, 11) is 0. The van der Waals surface area contributed by atoms with Crippen LogP contribution >= 0.6 is 11.8 Å². The van der Waals surface area contributed by atoms with Crippen LogP contribution in [0.4, 0.5) is 18.9 Å². The first-order valence-corrected chi connectivity index (χ1v) is 7.99. The van der Waals surface area contributed by atoms with E-state index >= 15 is 0 Å². The van der Waals surface area contributed by atoms with E-state index in [1.165, 1.54) is 11.8 Å². The average molecular weight is 355 g/mol. The van der Waals surface area contributed by atoms with E-state index in [1.807, 2.05) is 0 Å². The second kappa shape index (κ2) is 7.04. The number of carbonyl (C=O) groups is 1. The molecular weight excluding hydrogens is 343 g/mol. The third-order valence-corrected chi connectivity index (χ3v) is 4.19. The Balaban J connectivity index is 1.61. The number of carbonyl (C=O) groups excluding carboxylic acids is 1. The number of hydrogen-bond donors (Lipinski definition) is 1. The molecule has 2 aromatic carbocycles. The lowest BCUT2D eigenvalue weighted by atomic mass is 10.3. The summed E-state index contributed by atoms with van der Waals surface area (Å²) in [6.45, 7) is 0.943. The highest BCUT2D eigenvalue weighted by Crippen LogP contribution is 2.34. The molecule has 0 atom stereocenters. The predicted molar refractivity (Wildman–Crippen MR) is 83.1 cm³/mol. The third kappa shape index (κ3) is 3.59. The summed E-state index contributed by atoms with van der Waals surface area (Å²) in [5.41, 5.74) is -0.401. The van der Waals surface area contributed by atoms with Crippen molar-refractivity contribution in [2.45, 2.75) is 4.90 Å². The molecule has 2 aromatic rings. The number of hydrogen-bond acceptors (Lipinski definition) is 4. The van der Waals surface area contributed by atoms with E-state index in [1.54, 1.807) is 18.2 Å². The zero-order valence-electron chi connectivity index (χ0n) is 12.3. The summed E-state index contributed by atoms with van der Waals surface area (Å²) in [4.78, 5) is 12.6. The monoisotopic (exact) mass is 355 g/mol. The molecule has 0 radical (unpaired) electrons. The molecule has 0 spiro atoms. The van der Waals surface area contributed by atoms with Gasteiger partial charge in [0.15, 0.2) is 29.0 Å². The van der Waals surface area contributed by atoms with Crippen molar-refractivity contribution in [2.24, 2.45) is 0 Å². The number of rotatable bonds is 4. The van der Waals surface area contributed by atoms with Crippen LogP contribution in [0, 0.1) is 17.5 Å². The molecule has 0 saturated carbocycles. The number of amides is 1. The van der Waals surface area contributed by atoms with Crippen molar-refractivity contribution in [1.82, 2.24) is 0 Å². The zero-order valence-corrected chi connectivity index (χ0v) is 13.1. The Bertz CT molecular complexity index is 785. The number of halogens is 3. The quantitative estimate of drug-likeness (QED) is 0.672. The van der Waals surface area contributed by atoms with Gasteiger partial charge in [0.25, 0.3) is 0 Å². The van der Waals surface area contributed by atoms with Gasteiger partial charge in [-0.1, -0.05) is 0 Å². The van der Waals surface area contributed by atoms with Gasteiger partial charge in [-0.25, -0.2) is 13.2 Å². The minimum atomic E-state index is -1.62. The number of thioether (sulfide) groups is 1. The Kier molecular flexibility index (Phi) is 4.84. The summed E-state index contributed by atoms with van der Waals surface area (Å²) >= 11 is 1.20. The number of ether oxygens (including phenoxy) is 2. The van der Waals surface area contributed by atoms with E-state index in [4.69, 9.17) is 9.47 Å². The van der Waals surface area contributed by atoms with Crippen LogP contribution in [0.2, 0.25) is 0 Å². The largest absolute Gasteiger partial charge is 0.486 e. The number of fused-ring (bicyclic) bond motifs is 1. The molecule has 0 saturated heterocycles.